The summed E-state index contributed by atoms with van der Waals surface area (Å²) < 4.78 is 3.20. The summed E-state index contributed by atoms with van der Waals surface area (Å²) in [6, 6.07) is 8.37. The molecule has 0 saturated heterocycles. The number of imidazole rings is 1. The maximum Gasteiger partial charge on any atom is 0.122 e. The molecule has 2 rings (SSSR count). The predicted octanol–water partition coefficient (Wildman–Crippen LogP) is 2.54. The highest BCUT2D eigenvalue weighted by Crippen LogP contribution is 2.17. The van der Waals surface area contributed by atoms with Crippen molar-refractivity contribution >= 4 is 15.9 Å². The molecule has 0 aliphatic carbocycles. The topological polar surface area (TPSA) is 43.8 Å². The molecule has 90 valence electrons. The lowest BCUT2D eigenvalue weighted by Crippen LogP contribution is -2.07. The van der Waals surface area contributed by atoms with Gasteiger partial charge in [0.2, 0.25) is 0 Å². The van der Waals surface area contributed by atoms with Gasteiger partial charge in [0.1, 0.15) is 5.82 Å². The van der Waals surface area contributed by atoms with Crippen LogP contribution in [0.15, 0.2) is 28.7 Å². The van der Waals surface area contributed by atoms with Crippen molar-refractivity contribution in [1.82, 2.24) is 9.55 Å². The first-order chi connectivity index (χ1) is 8.11. The van der Waals surface area contributed by atoms with Crippen LogP contribution >= 0.6 is 15.9 Å². The Morgan fingerprint density at radius 1 is 1.29 bits per heavy atom. The van der Waals surface area contributed by atoms with Crippen molar-refractivity contribution in [3.8, 4) is 0 Å². The van der Waals surface area contributed by atoms with Crippen LogP contribution in [0.25, 0.3) is 0 Å². The summed E-state index contributed by atoms with van der Waals surface area (Å²) in [6.07, 6.45) is 0.891. The molecule has 17 heavy (non-hydrogen) atoms. The van der Waals surface area contributed by atoms with Gasteiger partial charge < -0.3 is 10.3 Å². The van der Waals surface area contributed by atoms with Crippen molar-refractivity contribution in [2.24, 2.45) is 12.8 Å². The second-order valence-electron chi connectivity index (χ2n) is 4.13. The Morgan fingerprint density at radius 2 is 1.94 bits per heavy atom. The summed E-state index contributed by atoms with van der Waals surface area (Å²) in [5.41, 5.74) is 9.23. The Balaban J connectivity index is 2.29. The van der Waals surface area contributed by atoms with Crippen LogP contribution in [0.5, 0.6) is 0 Å². The van der Waals surface area contributed by atoms with Gasteiger partial charge in [-0.3, -0.25) is 0 Å². The summed E-state index contributed by atoms with van der Waals surface area (Å²) >= 11 is 3.44. The minimum Gasteiger partial charge on any atom is -0.333 e. The fraction of sp³-hybridized carbons (Fsp3) is 0.308. The average molecular weight is 294 g/mol. The third-order valence-electron chi connectivity index (χ3n) is 2.97. The number of hydrogen-bond acceptors (Lipinski definition) is 2. The Hall–Kier alpha value is -1.13. The number of aromatic nitrogens is 2. The quantitative estimate of drug-likeness (QED) is 0.945. The van der Waals surface area contributed by atoms with E-state index in [9.17, 15) is 0 Å². The van der Waals surface area contributed by atoms with E-state index in [2.05, 4.69) is 49.7 Å². The van der Waals surface area contributed by atoms with Gasteiger partial charge in [0, 0.05) is 23.6 Å². The van der Waals surface area contributed by atoms with E-state index in [4.69, 9.17) is 5.73 Å². The maximum absolute atomic E-state index is 5.66. The van der Waals surface area contributed by atoms with Crippen LogP contribution in [0, 0.1) is 6.92 Å². The molecule has 3 nitrogen and oxygen atoms in total. The number of hydrogen-bond donors (Lipinski definition) is 1. The lowest BCUT2D eigenvalue weighted by molar-refractivity contribution is 0.760. The monoisotopic (exact) mass is 293 g/mol. The van der Waals surface area contributed by atoms with Crippen LogP contribution in [0.2, 0.25) is 0 Å². The average Bonchev–Trinajstić information content (AvgIpc) is 2.59. The van der Waals surface area contributed by atoms with Gasteiger partial charge in [-0.15, -0.1) is 0 Å². The molecule has 0 amide bonds. The molecule has 2 N–H and O–H groups in total. The molecule has 0 atom stereocenters. The zero-order valence-corrected chi connectivity index (χ0v) is 11.7. The molecule has 0 bridgehead atoms. The van der Waals surface area contributed by atoms with Gasteiger partial charge in [-0.05, 0) is 24.6 Å². The van der Waals surface area contributed by atoms with Crippen LogP contribution in [-0.4, -0.2) is 9.55 Å². The van der Waals surface area contributed by atoms with E-state index in [1.54, 1.807) is 0 Å². The highest BCUT2D eigenvalue weighted by Gasteiger charge is 2.10. The molecule has 0 spiro atoms. The van der Waals surface area contributed by atoms with E-state index in [-0.39, 0.29) is 0 Å². The SMILES string of the molecule is Cc1nc(CN)n(C)c1Cc1ccc(Br)cc1. The van der Waals surface area contributed by atoms with Crippen molar-refractivity contribution in [3.05, 3.63) is 51.5 Å². The molecule has 0 fully saturated rings. The minimum absolute atomic E-state index is 0.484. The summed E-state index contributed by atoms with van der Waals surface area (Å²) in [5, 5.41) is 0. The van der Waals surface area contributed by atoms with Gasteiger partial charge in [0.25, 0.3) is 0 Å². The van der Waals surface area contributed by atoms with E-state index < -0.39 is 0 Å². The van der Waals surface area contributed by atoms with Crippen LogP contribution in [0.1, 0.15) is 22.8 Å². The van der Waals surface area contributed by atoms with Crippen LogP contribution in [-0.2, 0) is 20.0 Å². The molecule has 0 aliphatic heterocycles. The van der Waals surface area contributed by atoms with Gasteiger partial charge in [-0.1, -0.05) is 28.1 Å². The number of benzene rings is 1. The van der Waals surface area contributed by atoms with E-state index in [1.165, 1.54) is 11.3 Å². The van der Waals surface area contributed by atoms with E-state index in [0.717, 1.165) is 22.4 Å². The molecule has 0 radical (unpaired) electrons. The van der Waals surface area contributed by atoms with Gasteiger partial charge in [-0.25, -0.2) is 4.98 Å². The maximum atomic E-state index is 5.66. The highest BCUT2D eigenvalue weighted by molar-refractivity contribution is 9.10. The van der Waals surface area contributed by atoms with Crippen LogP contribution in [0.4, 0.5) is 0 Å². The molecule has 0 unspecified atom stereocenters. The standard InChI is InChI=1S/C13H16BrN3/c1-9-12(17(2)13(8-15)16-9)7-10-3-5-11(14)6-4-10/h3-6H,7-8,15H2,1-2H3. The minimum atomic E-state index is 0.484. The first kappa shape index (κ1) is 12.3. The van der Waals surface area contributed by atoms with Crippen LogP contribution in [0.3, 0.4) is 0 Å². The first-order valence-corrected chi connectivity index (χ1v) is 6.36. The third-order valence-corrected chi connectivity index (χ3v) is 3.50. The van der Waals surface area contributed by atoms with Crippen molar-refractivity contribution in [3.63, 3.8) is 0 Å². The Kier molecular flexibility index (Phi) is 3.64. The number of halogens is 1. The molecule has 0 aliphatic rings. The number of nitrogens with two attached hydrogens (primary N) is 1. The lowest BCUT2D eigenvalue weighted by Gasteiger charge is -2.06. The lowest BCUT2D eigenvalue weighted by atomic mass is 10.1. The van der Waals surface area contributed by atoms with Gasteiger partial charge in [-0.2, -0.15) is 0 Å². The van der Waals surface area contributed by atoms with E-state index in [0.29, 0.717) is 6.54 Å². The zero-order valence-electron chi connectivity index (χ0n) is 10.1. The molecule has 1 aromatic heterocycles. The summed E-state index contributed by atoms with van der Waals surface area (Å²) in [6.45, 7) is 2.52. The van der Waals surface area contributed by atoms with E-state index in [1.807, 2.05) is 14.0 Å². The summed E-state index contributed by atoms with van der Waals surface area (Å²) in [7, 11) is 2.02. The van der Waals surface area contributed by atoms with Crippen LogP contribution < -0.4 is 5.73 Å². The molecule has 4 heteroatoms. The smallest absolute Gasteiger partial charge is 0.122 e. The van der Waals surface area contributed by atoms with Crippen molar-refractivity contribution in [2.75, 3.05) is 0 Å². The predicted molar refractivity (Wildman–Crippen MR) is 72.8 cm³/mol. The normalized spacial score (nSPS) is 10.8. The Labute approximate surface area is 110 Å². The second-order valence-corrected chi connectivity index (χ2v) is 5.04. The summed E-state index contributed by atoms with van der Waals surface area (Å²) in [4.78, 5) is 4.47. The Bertz CT molecular complexity index is 514. The molecular weight excluding hydrogens is 278 g/mol. The Morgan fingerprint density at radius 3 is 2.47 bits per heavy atom. The second kappa shape index (κ2) is 5.02. The van der Waals surface area contributed by atoms with Gasteiger partial charge in [0.15, 0.2) is 0 Å². The van der Waals surface area contributed by atoms with Crippen molar-refractivity contribution < 1.29 is 0 Å². The van der Waals surface area contributed by atoms with Gasteiger partial charge >= 0.3 is 0 Å². The number of rotatable bonds is 3. The number of aryl methyl sites for hydroxylation is 1. The first-order valence-electron chi connectivity index (χ1n) is 5.57. The molecular formula is C13H16BrN3. The highest BCUT2D eigenvalue weighted by atomic mass is 79.9. The van der Waals surface area contributed by atoms with Crippen molar-refractivity contribution in [2.45, 2.75) is 19.9 Å². The molecule has 1 aromatic carbocycles. The fourth-order valence-electron chi connectivity index (χ4n) is 1.96. The molecule has 2 aromatic rings. The van der Waals surface area contributed by atoms with Crippen molar-refractivity contribution in [1.29, 1.82) is 0 Å². The van der Waals surface area contributed by atoms with E-state index >= 15 is 0 Å². The molecule has 1 heterocycles. The largest absolute Gasteiger partial charge is 0.333 e. The third kappa shape index (κ3) is 2.58. The number of nitrogens with zero attached hydrogens (tertiary/aromatic N) is 2. The fourth-order valence-corrected chi connectivity index (χ4v) is 2.22. The zero-order chi connectivity index (χ0) is 12.4. The van der Waals surface area contributed by atoms with Gasteiger partial charge in [0.05, 0.1) is 12.2 Å². The molecule has 0 saturated carbocycles. The summed E-state index contributed by atoms with van der Waals surface area (Å²) in [5.74, 6) is 0.939.